The smallest absolute Gasteiger partial charge is 0.315 e. The summed E-state index contributed by atoms with van der Waals surface area (Å²) in [6.45, 7) is 5.35. The number of carbonyl (C=O) groups is 2. The molecule has 3 amide bonds. The minimum absolute atomic E-state index is 0.172. The molecule has 0 unspecified atom stereocenters. The number of nitrogens with one attached hydrogen (secondary N) is 1. The number of rotatable bonds is 3. The van der Waals surface area contributed by atoms with Crippen molar-refractivity contribution >= 4 is 11.9 Å². The lowest BCUT2D eigenvalue weighted by Gasteiger charge is -2.24. The molecule has 1 N–H and O–H groups in total. The average Bonchev–Trinajstić information content (AvgIpc) is 2.77. The molecule has 1 saturated carbocycles. The Balaban J connectivity index is 1.98. The van der Waals surface area contributed by atoms with E-state index in [0.29, 0.717) is 11.3 Å². The highest BCUT2D eigenvalue weighted by Gasteiger charge is 2.48. The van der Waals surface area contributed by atoms with Crippen LogP contribution in [0.2, 0.25) is 0 Å². The van der Waals surface area contributed by atoms with Gasteiger partial charge in [-0.1, -0.05) is 13.8 Å². The molecule has 0 spiro atoms. The van der Waals surface area contributed by atoms with E-state index in [-0.39, 0.29) is 18.5 Å². The van der Waals surface area contributed by atoms with Gasteiger partial charge >= 0.3 is 6.03 Å². The van der Waals surface area contributed by atoms with Crippen molar-refractivity contribution in [3.05, 3.63) is 0 Å². The molecule has 2 rings (SSSR count). The Hall–Kier alpha value is -1.06. The van der Waals surface area contributed by atoms with Crippen LogP contribution < -0.4 is 5.32 Å². The Kier molecular flexibility index (Phi) is 2.01. The molecule has 0 atom stereocenters. The summed E-state index contributed by atoms with van der Waals surface area (Å²) in [5.74, 6) is 0.417. The van der Waals surface area contributed by atoms with Gasteiger partial charge in [0.15, 0.2) is 0 Å². The van der Waals surface area contributed by atoms with E-state index >= 15 is 0 Å². The molecule has 4 heteroatoms. The second kappa shape index (κ2) is 2.97. The molecule has 0 bridgehead atoms. The molecule has 0 aromatic heterocycles. The van der Waals surface area contributed by atoms with Gasteiger partial charge < -0.3 is 4.90 Å². The summed E-state index contributed by atoms with van der Waals surface area (Å²) in [6, 6.07) is -0.220. The fourth-order valence-corrected chi connectivity index (χ4v) is 2.07. The van der Waals surface area contributed by atoms with Gasteiger partial charge in [0, 0.05) is 6.54 Å². The van der Waals surface area contributed by atoms with Crippen LogP contribution in [0, 0.1) is 11.3 Å². The van der Waals surface area contributed by atoms with Crippen molar-refractivity contribution in [2.75, 3.05) is 13.1 Å². The first kappa shape index (κ1) is 9.49. The molecular formula is C10H16N2O2. The van der Waals surface area contributed by atoms with Crippen LogP contribution in [0.15, 0.2) is 0 Å². The number of imide groups is 1. The lowest BCUT2D eigenvalue weighted by atomic mass is 9.92. The normalized spacial score (nSPS) is 24.4. The first-order valence-corrected chi connectivity index (χ1v) is 5.12. The number of carbonyl (C=O) groups excluding carboxylic acids is 2. The number of nitrogens with zero attached hydrogens (tertiary/aromatic N) is 1. The molecule has 0 aromatic rings. The highest BCUT2D eigenvalue weighted by atomic mass is 16.2. The van der Waals surface area contributed by atoms with Gasteiger partial charge in [0.05, 0.1) is 0 Å². The summed E-state index contributed by atoms with van der Waals surface area (Å²) in [7, 11) is 0. The van der Waals surface area contributed by atoms with Crippen molar-refractivity contribution in [3.8, 4) is 0 Å². The predicted molar refractivity (Wildman–Crippen MR) is 51.6 cm³/mol. The van der Waals surface area contributed by atoms with Crippen LogP contribution in [-0.2, 0) is 4.79 Å². The van der Waals surface area contributed by atoms with E-state index in [1.165, 1.54) is 12.8 Å². The van der Waals surface area contributed by atoms with Crippen molar-refractivity contribution < 1.29 is 9.59 Å². The summed E-state index contributed by atoms with van der Waals surface area (Å²) < 4.78 is 0. The van der Waals surface area contributed by atoms with E-state index < -0.39 is 0 Å². The van der Waals surface area contributed by atoms with Gasteiger partial charge in [-0.05, 0) is 24.2 Å². The zero-order valence-corrected chi connectivity index (χ0v) is 8.67. The molecule has 1 aliphatic heterocycles. The minimum Gasteiger partial charge on any atom is -0.315 e. The number of urea groups is 1. The fourth-order valence-electron chi connectivity index (χ4n) is 2.07. The zero-order chi connectivity index (χ0) is 10.3. The Morgan fingerprint density at radius 2 is 2.07 bits per heavy atom. The topological polar surface area (TPSA) is 49.4 Å². The van der Waals surface area contributed by atoms with Crippen molar-refractivity contribution in [3.63, 3.8) is 0 Å². The molecule has 1 saturated heterocycles. The van der Waals surface area contributed by atoms with Gasteiger partial charge in [0.2, 0.25) is 5.91 Å². The maximum absolute atomic E-state index is 11.3. The maximum Gasteiger partial charge on any atom is 0.324 e. The van der Waals surface area contributed by atoms with Crippen LogP contribution in [0.4, 0.5) is 4.79 Å². The third kappa shape index (κ3) is 1.49. The monoisotopic (exact) mass is 196 g/mol. The molecule has 78 valence electrons. The van der Waals surface area contributed by atoms with Crippen LogP contribution in [0.5, 0.6) is 0 Å². The summed E-state index contributed by atoms with van der Waals surface area (Å²) in [4.78, 5) is 23.9. The van der Waals surface area contributed by atoms with E-state index in [1.54, 1.807) is 4.90 Å². The third-order valence-electron chi connectivity index (χ3n) is 3.49. The van der Waals surface area contributed by atoms with E-state index in [4.69, 9.17) is 0 Å². The number of hydrogen-bond donors (Lipinski definition) is 1. The van der Waals surface area contributed by atoms with E-state index in [1.807, 2.05) is 0 Å². The largest absolute Gasteiger partial charge is 0.324 e. The Bertz CT molecular complexity index is 282. The van der Waals surface area contributed by atoms with Crippen LogP contribution in [-0.4, -0.2) is 29.9 Å². The molecule has 1 aliphatic carbocycles. The average molecular weight is 196 g/mol. The number of hydrogen-bond acceptors (Lipinski definition) is 2. The summed E-state index contributed by atoms with van der Waals surface area (Å²) in [5.41, 5.74) is 0.294. The fraction of sp³-hybridized carbons (Fsp3) is 0.800. The molecule has 1 heterocycles. The second-order valence-corrected chi connectivity index (χ2v) is 4.73. The van der Waals surface area contributed by atoms with Crippen molar-refractivity contribution in [2.24, 2.45) is 11.3 Å². The summed E-state index contributed by atoms with van der Waals surface area (Å²) in [5, 5.41) is 2.30. The summed E-state index contributed by atoms with van der Waals surface area (Å²) in [6.07, 6.45) is 2.37. The molecule has 0 aromatic carbocycles. The molecule has 0 radical (unpaired) electrons. The molecule has 4 nitrogen and oxygen atoms in total. The van der Waals surface area contributed by atoms with Gasteiger partial charge in [-0.2, -0.15) is 0 Å². The highest BCUT2D eigenvalue weighted by Crippen LogP contribution is 2.52. The maximum atomic E-state index is 11.3. The van der Waals surface area contributed by atoms with Crippen molar-refractivity contribution in [1.29, 1.82) is 0 Å². The molecular weight excluding hydrogens is 180 g/mol. The number of amides is 3. The lowest BCUT2D eigenvalue weighted by molar-refractivity contribution is -0.118. The van der Waals surface area contributed by atoms with Gasteiger partial charge in [-0.15, -0.1) is 0 Å². The minimum atomic E-state index is -0.220. The van der Waals surface area contributed by atoms with Crippen LogP contribution in [0.1, 0.15) is 26.7 Å². The third-order valence-corrected chi connectivity index (χ3v) is 3.49. The predicted octanol–water partition coefficient (Wildman–Crippen LogP) is 0.974. The SMILES string of the molecule is CC(C)C1(CN2CC(=O)NC2=O)CC1. The first-order chi connectivity index (χ1) is 6.53. The van der Waals surface area contributed by atoms with Gasteiger partial charge in [0.25, 0.3) is 0 Å². The molecule has 14 heavy (non-hydrogen) atoms. The second-order valence-electron chi connectivity index (χ2n) is 4.73. The summed E-state index contributed by atoms with van der Waals surface area (Å²) >= 11 is 0. The van der Waals surface area contributed by atoms with Crippen LogP contribution >= 0.6 is 0 Å². The van der Waals surface area contributed by atoms with E-state index in [0.717, 1.165) is 6.54 Å². The molecule has 2 aliphatic rings. The lowest BCUT2D eigenvalue weighted by Crippen LogP contribution is -2.35. The van der Waals surface area contributed by atoms with E-state index in [2.05, 4.69) is 19.2 Å². The molecule has 2 fully saturated rings. The van der Waals surface area contributed by atoms with Gasteiger partial charge in [0.1, 0.15) is 6.54 Å². The van der Waals surface area contributed by atoms with E-state index in [9.17, 15) is 9.59 Å². The Labute approximate surface area is 83.6 Å². The van der Waals surface area contributed by atoms with Gasteiger partial charge in [-0.3, -0.25) is 10.1 Å². The van der Waals surface area contributed by atoms with Crippen LogP contribution in [0.3, 0.4) is 0 Å². The van der Waals surface area contributed by atoms with Gasteiger partial charge in [-0.25, -0.2) is 4.79 Å². The zero-order valence-electron chi connectivity index (χ0n) is 8.67. The van der Waals surface area contributed by atoms with Crippen molar-refractivity contribution in [1.82, 2.24) is 10.2 Å². The Morgan fingerprint density at radius 1 is 1.43 bits per heavy atom. The Morgan fingerprint density at radius 3 is 2.43 bits per heavy atom. The quantitative estimate of drug-likeness (QED) is 0.684. The standard InChI is InChI=1S/C10H16N2O2/c1-7(2)10(3-4-10)6-12-5-8(13)11-9(12)14/h7H,3-6H2,1-2H3,(H,11,13,14). The highest BCUT2D eigenvalue weighted by molar-refractivity contribution is 6.01. The first-order valence-electron chi connectivity index (χ1n) is 5.12. The van der Waals surface area contributed by atoms with Crippen molar-refractivity contribution in [2.45, 2.75) is 26.7 Å². The van der Waals surface area contributed by atoms with Crippen LogP contribution in [0.25, 0.3) is 0 Å².